The molecule has 0 saturated heterocycles. The molecular formula is C11H18ClNO2SSi. The maximum atomic E-state index is 11.8. The van der Waals surface area contributed by atoms with Crippen LogP contribution in [0, 0.1) is 0 Å². The Labute approximate surface area is 109 Å². The predicted molar refractivity (Wildman–Crippen MR) is 77.0 cm³/mol. The molecule has 0 heterocycles. The standard InChI is InChI=1S/C11H18ClNO2SSi/c1-17(2,3)9-8-16(14,15)13-11-6-4-10(12)5-7-11/h4-7,13H,8-9H2,1-3H3. The third-order valence-electron chi connectivity index (χ3n) is 2.24. The Morgan fingerprint density at radius 2 is 1.71 bits per heavy atom. The van der Waals surface area contributed by atoms with Gasteiger partial charge in [-0.25, -0.2) is 8.42 Å². The van der Waals surface area contributed by atoms with Crippen LogP contribution < -0.4 is 4.72 Å². The van der Waals surface area contributed by atoms with Crippen molar-refractivity contribution in [3.8, 4) is 0 Å². The van der Waals surface area contributed by atoms with Gasteiger partial charge in [-0.1, -0.05) is 31.2 Å². The van der Waals surface area contributed by atoms with Gasteiger partial charge in [-0.15, -0.1) is 0 Å². The van der Waals surface area contributed by atoms with Crippen LogP contribution in [0.2, 0.25) is 30.7 Å². The molecule has 0 atom stereocenters. The molecule has 17 heavy (non-hydrogen) atoms. The fourth-order valence-electron chi connectivity index (χ4n) is 1.19. The topological polar surface area (TPSA) is 46.2 Å². The average Bonchev–Trinajstić information content (AvgIpc) is 2.18. The van der Waals surface area contributed by atoms with Crippen molar-refractivity contribution in [2.45, 2.75) is 25.7 Å². The molecule has 96 valence electrons. The van der Waals surface area contributed by atoms with Gasteiger partial charge in [0, 0.05) is 18.8 Å². The Balaban J connectivity index is 2.64. The zero-order valence-corrected chi connectivity index (χ0v) is 12.9. The van der Waals surface area contributed by atoms with Crippen molar-refractivity contribution in [2.75, 3.05) is 10.5 Å². The molecule has 0 unspecified atom stereocenters. The summed E-state index contributed by atoms with van der Waals surface area (Å²) in [5, 5.41) is 0.593. The van der Waals surface area contributed by atoms with E-state index in [2.05, 4.69) is 24.4 Å². The highest BCUT2D eigenvalue weighted by atomic mass is 35.5. The van der Waals surface area contributed by atoms with Gasteiger partial charge in [0.15, 0.2) is 0 Å². The monoisotopic (exact) mass is 291 g/mol. The second-order valence-electron chi connectivity index (χ2n) is 5.24. The molecular weight excluding hydrogens is 274 g/mol. The van der Waals surface area contributed by atoms with E-state index >= 15 is 0 Å². The van der Waals surface area contributed by atoms with Crippen LogP contribution in [0.15, 0.2) is 24.3 Å². The van der Waals surface area contributed by atoms with Crippen molar-refractivity contribution < 1.29 is 8.42 Å². The fraction of sp³-hybridized carbons (Fsp3) is 0.455. The fourth-order valence-corrected chi connectivity index (χ4v) is 5.44. The number of anilines is 1. The first-order valence-electron chi connectivity index (χ1n) is 5.44. The number of sulfonamides is 1. The summed E-state index contributed by atoms with van der Waals surface area (Å²) in [4.78, 5) is 0. The summed E-state index contributed by atoms with van der Waals surface area (Å²) in [6, 6.07) is 7.41. The minimum atomic E-state index is -3.24. The lowest BCUT2D eigenvalue weighted by Gasteiger charge is -2.16. The summed E-state index contributed by atoms with van der Waals surface area (Å²) in [6.07, 6.45) is 0. The van der Waals surface area contributed by atoms with Crippen molar-refractivity contribution in [3.05, 3.63) is 29.3 Å². The van der Waals surface area contributed by atoms with Gasteiger partial charge < -0.3 is 0 Å². The first-order chi connectivity index (χ1) is 7.68. The van der Waals surface area contributed by atoms with E-state index in [4.69, 9.17) is 11.6 Å². The molecule has 6 heteroatoms. The maximum Gasteiger partial charge on any atom is 0.232 e. The van der Waals surface area contributed by atoms with Crippen molar-refractivity contribution >= 4 is 35.4 Å². The smallest absolute Gasteiger partial charge is 0.232 e. The molecule has 0 bridgehead atoms. The zero-order valence-electron chi connectivity index (χ0n) is 10.3. The molecule has 1 rings (SSSR count). The molecule has 0 fully saturated rings. The lowest BCUT2D eigenvalue weighted by Crippen LogP contribution is -2.26. The van der Waals surface area contributed by atoms with Crippen LogP contribution in [0.4, 0.5) is 5.69 Å². The van der Waals surface area contributed by atoms with Gasteiger partial charge in [0.1, 0.15) is 0 Å². The van der Waals surface area contributed by atoms with E-state index in [9.17, 15) is 8.42 Å². The molecule has 0 aromatic heterocycles. The van der Waals surface area contributed by atoms with Gasteiger partial charge in [-0.2, -0.15) is 0 Å². The zero-order chi connectivity index (χ0) is 13.1. The quantitative estimate of drug-likeness (QED) is 0.845. The first kappa shape index (κ1) is 14.5. The normalized spacial score (nSPS) is 12.5. The molecule has 1 N–H and O–H groups in total. The number of rotatable bonds is 5. The lowest BCUT2D eigenvalue weighted by molar-refractivity contribution is 0.602. The highest BCUT2D eigenvalue weighted by molar-refractivity contribution is 7.92. The molecule has 3 nitrogen and oxygen atoms in total. The summed E-state index contributed by atoms with van der Waals surface area (Å²) in [5.41, 5.74) is 0.560. The third kappa shape index (κ3) is 6.09. The van der Waals surface area contributed by atoms with E-state index in [1.807, 2.05) is 0 Å². The van der Waals surface area contributed by atoms with Crippen LogP contribution in [0.3, 0.4) is 0 Å². The Morgan fingerprint density at radius 1 is 1.18 bits per heavy atom. The van der Waals surface area contributed by atoms with Crippen LogP contribution in [0.25, 0.3) is 0 Å². The van der Waals surface area contributed by atoms with Crippen molar-refractivity contribution in [3.63, 3.8) is 0 Å². The van der Waals surface area contributed by atoms with Gasteiger partial charge in [0.2, 0.25) is 10.0 Å². The molecule has 0 spiro atoms. The molecule has 1 aromatic carbocycles. The molecule has 0 aliphatic carbocycles. The van der Waals surface area contributed by atoms with E-state index in [0.717, 1.165) is 6.04 Å². The van der Waals surface area contributed by atoms with E-state index in [0.29, 0.717) is 10.7 Å². The Hall–Kier alpha value is -0.523. The van der Waals surface area contributed by atoms with E-state index in [1.165, 1.54) is 0 Å². The molecule has 0 aliphatic rings. The number of halogens is 1. The van der Waals surface area contributed by atoms with Gasteiger partial charge >= 0.3 is 0 Å². The summed E-state index contributed by atoms with van der Waals surface area (Å²) in [5.74, 6) is 0.186. The van der Waals surface area contributed by atoms with Gasteiger partial charge in [-0.05, 0) is 30.3 Å². The molecule has 1 aromatic rings. The average molecular weight is 292 g/mol. The van der Waals surface area contributed by atoms with E-state index in [-0.39, 0.29) is 5.75 Å². The van der Waals surface area contributed by atoms with Crippen molar-refractivity contribution in [2.24, 2.45) is 0 Å². The largest absolute Gasteiger partial charge is 0.284 e. The summed E-state index contributed by atoms with van der Waals surface area (Å²) < 4.78 is 26.2. The minimum absolute atomic E-state index is 0.186. The van der Waals surface area contributed by atoms with Crippen molar-refractivity contribution in [1.29, 1.82) is 0 Å². The third-order valence-corrected chi connectivity index (χ3v) is 5.89. The lowest BCUT2D eigenvalue weighted by atomic mass is 10.3. The van der Waals surface area contributed by atoms with Crippen molar-refractivity contribution in [1.82, 2.24) is 0 Å². The Bertz CT molecular complexity index is 465. The maximum absolute atomic E-state index is 11.8. The van der Waals surface area contributed by atoms with Crippen LogP contribution in [0.5, 0.6) is 0 Å². The highest BCUT2D eigenvalue weighted by Gasteiger charge is 2.18. The summed E-state index contributed by atoms with van der Waals surface area (Å²) >= 11 is 5.73. The van der Waals surface area contributed by atoms with Crippen LogP contribution in [-0.2, 0) is 10.0 Å². The first-order valence-corrected chi connectivity index (χ1v) is 11.2. The van der Waals surface area contributed by atoms with Crippen LogP contribution in [0.1, 0.15) is 0 Å². The number of nitrogens with one attached hydrogen (secondary N) is 1. The van der Waals surface area contributed by atoms with E-state index in [1.54, 1.807) is 24.3 Å². The molecule has 0 radical (unpaired) electrons. The predicted octanol–water partition coefficient (Wildman–Crippen LogP) is 3.42. The van der Waals surface area contributed by atoms with Crippen LogP contribution >= 0.6 is 11.6 Å². The van der Waals surface area contributed by atoms with Crippen LogP contribution in [-0.4, -0.2) is 22.2 Å². The SMILES string of the molecule is C[Si](C)(C)CCS(=O)(=O)Nc1ccc(Cl)cc1. The van der Waals surface area contributed by atoms with Gasteiger partial charge in [0.25, 0.3) is 0 Å². The number of hydrogen-bond acceptors (Lipinski definition) is 2. The molecule has 0 amide bonds. The second-order valence-corrected chi connectivity index (χ2v) is 13.1. The molecule has 0 aliphatic heterocycles. The minimum Gasteiger partial charge on any atom is -0.284 e. The van der Waals surface area contributed by atoms with E-state index < -0.39 is 18.1 Å². The summed E-state index contributed by atoms with van der Waals surface area (Å²) in [7, 11) is -4.57. The van der Waals surface area contributed by atoms with Gasteiger partial charge in [-0.3, -0.25) is 4.72 Å². The number of hydrogen-bond donors (Lipinski definition) is 1. The highest BCUT2D eigenvalue weighted by Crippen LogP contribution is 2.16. The Morgan fingerprint density at radius 3 is 2.18 bits per heavy atom. The second kappa shape index (κ2) is 5.41. The van der Waals surface area contributed by atoms with Gasteiger partial charge in [0.05, 0.1) is 5.75 Å². The Kier molecular flexibility index (Phi) is 4.63. The summed E-state index contributed by atoms with van der Waals surface area (Å²) in [6.45, 7) is 6.47. The molecule has 0 saturated carbocycles. The number of benzene rings is 1.